The highest BCUT2D eigenvalue weighted by Crippen LogP contribution is 2.20. The van der Waals surface area contributed by atoms with Crippen molar-refractivity contribution in [3.05, 3.63) is 56.8 Å². The summed E-state index contributed by atoms with van der Waals surface area (Å²) in [5.41, 5.74) is 3.67. The van der Waals surface area contributed by atoms with Crippen molar-refractivity contribution in [3.63, 3.8) is 0 Å². The van der Waals surface area contributed by atoms with Gasteiger partial charge in [-0.15, -0.1) is 0 Å². The Kier molecular flexibility index (Phi) is 5.19. The first-order valence-electron chi connectivity index (χ1n) is 7.19. The van der Waals surface area contributed by atoms with Crippen LogP contribution in [0.1, 0.15) is 51.5 Å². The molecule has 2 rings (SSSR count). The van der Waals surface area contributed by atoms with Crippen LogP contribution in [0.3, 0.4) is 0 Å². The Morgan fingerprint density at radius 1 is 1.32 bits per heavy atom. The largest absolute Gasteiger partial charge is 0.354 e. The third-order valence-corrected chi connectivity index (χ3v) is 4.06. The van der Waals surface area contributed by atoms with Gasteiger partial charge in [0.2, 0.25) is 0 Å². The van der Waals surface area contributed by atoms with Crippen molar-refractivity contribution in [1.29, 1.82) is 0 Å². The SMILES string of the molecule is CCc1c(C(=O)NCc2cccc(Br)c2)[nH]c(C)c1C(C)=O. The number of benzene rings is 1. The number of Topliss-reactive ketones (excluding diaryl/α,β-unsaturated/α-hetero) is 1. The number of hydrogen-bond acceptors (Lipinski definition) is 2. The predicted octanol–water partition coefficient (Wildman–Crippen LogP) is 3.78. The Hall–Kier alpha value is -1.88. The summed E-state index contributed by atoms with van der Waals surface area (Å²) in [5.74, 6) is -0.205. The molecule has 1 heterocycles. The van der Waals surface area contributed by atoms with E-state index in [4.69, 9.17) is 0 Å². The van der Waals surface area contributed by atoms with E-state index in [1.165, 1.54) is 6.92 Å². The number of nitrogens with one attached hydrogen (secondary N) is 2. The number of amides is 1. The number of ketones is 1. The minimum atomic E-state index is -0.188. The number of hydrogen-bond donors (Lipinski definition) is 2. The molecule has 0 fully saturated rings. The number of aryl methyl sites for hydroxylation is 1. The zero-order valence-electron chi connectivity index (χ0n) is 12.9. The average Bonchev–Trinajstić information content (AvgIpc) is 2.81. The van der Waals surface area contributed by atoms with E-state index in [2.05, 4.69) is 26.2 Å². The summed E-state index contributed by atoms with van der Waals surface area (Å²) in [7, 11) is 0. The van der Waals surface area contributed by atoms with Gasteiger partial charge in [-0.25, -0.2) is 0 Å². The van der Waals surface area contributed by atoms with Crippen LogP contribution in [0.25, 0.3) is 0 Å². The molecule has 0 spiro atoms. The summed E-state index contributed by atoms with van der Waals surface area (Å²) in [6.07, 6.45) is 0.638. The van der Waals surface area contributed by atoms with Gasteiger partial charge in [0.25, 0.3) is 5.91 Å². The maximum Gasteiger partial charge on any atom is 0.268 e. The molecule has 0 aliphatic heterocycles. The van der Waals surface area contributed by atoms with Gasteiger partial charge in [-0.1, -0.05) is 35.0 Å². The van der Waals surface area contributed by atoms with Crippen LogP contribution in [0.15, 0.2) is 28.7 Å². The van der Waals surface area contributed by atoms with Crippen LogP contribution < -0.4 is 5.32 Å². The molecule has 4 nitrogen and oxygen atoms in total. The Labute approximate surface area is 138 Å². The van der Waals surface area contributed by atoms with E-state index in [1.807, 2.05) is 38.1 Å². The first kappa shape index (κ1) is 16.5. The predicted molar refractivity (Wildman–Crippen MR) is 90.2 cm³/mol. The van der Waals surface area contributed by atoms with Gasteiger partial charge in [0, 0.05) is 22.3 Å². The lowest BCUT2D eigenvalue weighted by Gasteiger charge is -2.07. The first-order chi connectivity index (χ1) is 10.4. The van der Waals surface area contributed by atoms with Crippen LogP contribution in [-0.2, 0) is 13.0 Å². The summed E-state index contributed by atoms with van der Waals surface area (Å²) in [6.45, 7) is 5.73. The fraction of sp³-hybridized carbons (Fsp3) is 0.294. The zero-order valence-corrected chi connectivity index (χ0v) is 14.5. The monoisotopic (exact) mass is 362 g/mol. The molecule has 2 N–H and O–H groups in total. The molecule has 0 saturated carbocycles. The molecule has 1 amide bonds. The summed E-state index contributed by atoms with van der Waals surface area (Å²) in [6, 6.07) is 7.78. The van der Waals surface area contributed by atoms with Crippen molar-refractivity contribution < 1.29 is 9.59 Å². The molecule has 0 saturated heterocycles. The van der Waals surface area contributed by atoms with Crippen LogP contribution in [-0.4, -0.2) is 16.7 Å². The maximum atomic E-state index is 12.4. The van der Waals surface area contributed by atoms with E-state index < -0.39 is 0 Å². The van der Waals surface area contributed by atoms with Gasteiger partial charge in [0.05, 0.1) is 0 Å². The van der Waals surface area contributed by atoms with Crippen molar-refractivity contribution in [2.75, 3.05) is 0 Å². The van der Waals surface area contributed by atoms with E-state index in [0.717, 1.165) is 21.3 Å². The third kappa shape index (κ3) is 3.47. The van der Waals surface area contributed by atoms with Crippen molar-refractivity contribution in [3.8, 4) is 0 Å². The Morgan fingerprint density at radius 2 is 2.05 bits per heavy atom. The number of H-pyrrole nitrogens is 1. The molecule has 0 radical (unpaired) electrons. The Morgan fingerprint density at radius 3 is 2.64 bits per heavy atom. The molecule has 0 unspecified atom stereocenters. The van der Waals surface area contributed by atoms with Crippen LogP contribution in [0.4, 0.5) is 0 Å². The minimum absolute atomic E-state index is 0.0170. The quantitative estimate of drug-likeness (QED) is 0.795. The molecule has 0 aliphatic carbocycles. The molecule has 0 bridgehead atoms. The highest BCUT2D eigenvalue weighted by Gasteiger charge is 2.21. The van der Waals surface area contributed by atoms with Gasteiger partial charge in [-0.05, 0) is 43.5 Å². The highest BCUT2D eigenvalue weighted by atomic mass is 79.9. The van der Waals surface area contributed by atoms with E-state index in [0.29, 0.717) is 24.2 Å². The smallest absolute Gasteiger partial charge is 0.268 e. The van der Waals surface area contributed by atoms with Crippen molar-refractivity contribution >= 4 is 27.6 Å². The number of aromatic amines is 1. The van der Waals surface area contributed by atoms with Crippen LogP contribution in [0.2, 0.25) is 0 Å². The van der Waals surface area contributed by atoms with Crippen molar-refractivity contribution in [1.82, 2.24) is 10.3 Å². The summed E-state index contributed by atoms with van der Waals surface area (Å²) in [5, 5.41) is 2.89. The van der Waals surface area contributed by atoms with Crippen molar-refractivity contribution in [2.24, 2.45) is 0 Å². The molecule has 0 atom stereocenters. The molecule has 1 aromatic carbocycles. The van der Waals surface area contributed by atoms with Gasteiger partial charge in [-0.2, -0.15) is 0 Å². The zero-order chi connectivity index (χ0) is 16.3. The first-order valence-corrected chi connectivity index (χ1v) is 7.98. The molecule has 5 heteroatoms. The lowest BCUT2D eigenvalue weighted by Crippen LogP contribution is -2.24. The number of rotatable bonds is 5. The molecule has 2 aromatic rings. The van der Waals surface area contributed by atoms with E-state index >= 15 is 0 Å². The lowest BCUT2D eigenvalue weighted by atomic mass is 10.0. The second-order valence-corrected chi connectivity index (χ2v) is 6.12. The van der Waals surface area contributed by atoms with E-state index in [-0.39, 0.29) is 11.7 Å². The van der Waals surface area contributed by atoms with Gasteiger partial charge >= 0.3 is 0 Å². The van der Waals surface area contributed by atoms with Crippen molar-refractivity contribution in [2.45, 2.75) is 33.7 Å². The molecule has 1 aromatic heterocycles. The van der Waals surface area contributed by atoms with Crippen LogP contribution in [0.5, 0.6) is 0 Å². The van der Waals surface area contributed by atoms with Gasteiger partial charge < -0.3 is 10.3 Å². The van der Waals surface area contributed by atoms with Gasteiger partial charge in [0.1, 0.15) is 5.69 Å². The molecular weight excluding hydrogens is 344 g/mol. The normalized spacial score (nSPS) is 10.5. The molecule has 22 heavy (non-hydrogen) atoms. The maximum absolute atomic E-state index is 12.4. The second-order valence-electron chi connectivity index (χ2n) is 5.20. The number of carbonyl (C=O) groups excluding carboxylic acids is 2. The third-order valence-electron chi connectivity index (χ3n) is 3.57. The summed E-state index contributed by atoms with van der Waals surface area (Å²) in [4.78, 5) is 27.2. The Balaban J connectivity index is 2.19. The average molecular weight is 363 g/mol. The van der Waals surface area contributed by atoms with E-state index in [1.54, 1.807) is 0 Å². The van der Waals surface area contributed by atoms with Crippen LogP contribution >= 0.6 is 15.9 Å². The topological polar surface area (TPSA) is 62.0 Å². The Bertz CT molecular complexity index is 719. The van der Waals surface area contributed by atoms with Gasteiger partial charge in [-0.3, -0.25) is 9.59 Å². The standard InChI is InChI=1S/C17H19BrN2O2/c1-4-14-15(11(3)21)10(2)20-16(14)17(22)19-9-12-6-5-7-13(18)8-12/h5-8,20H,4,9H2,1-3H3,(H,19,22). The fourth-order valence-corrected chi connectivity index (χ4v) is 3.06. The number of aromatic nitrogens is 1. The molecule has 116 valence electrons. The molecule has 0 aliphatic rings. The van der Waals surface area contributed by atoms with Gasteiger partial charge in [0.15, 0.2) is 5.78 Å². The second kappa shape index (κ2) is 6.92. The lowest BCUT2D eigenvalue weighted by molar-refractivity contribution is 0.0945. The molecular formula is C17H19BrN2O2. The minimum Gasteiger partial charge on any atom is -0.354 e. The summed E-state index contributed by atoms with van der Waals surface area (Å²) < 4.78 is 0.975. The van der Waals surface area contributed by atoms with Crippen LogP contribution in [0, 0.1) is 6.92 Å². The summed E-state index contributed by atoms with van der Waals surface area (Å²) >= 11 is 3.41. The highest BCUT2D eigenvalue weighted by molar-refractivity contribution is 9.10. The van der Waals surface area contributed by atoms with E-state index in [9.17, 15) is 9.59 Å². The number of carbonyl (C=O) groups is 2. The number of halogens is 1. The fourth-order valence-electron chi connectivity index (χ4n) is 2.62.